The van der Waals surface area contributed by atoms with Crippen molar-refractivity contribution < 1.29 is 27.5 Å². The summed E-state index contributed by atoms with van der Waals surface area (Å²) in [6.45, 7) is 15.5. The zero-order valence-electron chi connectivity index (χ0n) is 28.1. The molecule has 2 aromatic rings. The molecular formula is C34H50N4O6S. The van der Waals surface area contributed by atoms with E-state index in [1.54, 1.807) is 20.8 Å². The number of anilines is 1. The van der Waals surface area contributed by atoms with Gasteiger partial charge in [-0.2, -0.15) is 0 Å². The van der Waals surface area contributed by atoms with Gasteiger partial charge in [0.15, 0.2) is 0 Å². The number of unbranched alkanes of at least 4 members (excludes halogenated alkanes) is 1. The van der Waals surface area contributed by atoms with E-state index in [0.717, 1.165) is 64.9 Å². The number of carbonyl (C=O) groups is 2. The number of hydrogen-bond acceptors (Lipinski definition) is 8. The lowest BCUT2D eigenvalue weighted by Gasteiger charge is -2.36. The molecular weight excluding hydrogens is 592 g/mol. The number of sulfonamides is 1. The Kier molecular flexibility index (Phi) is 10.2. The summed E-state index contributed by atoms with van der Waals surface area (Å²) >= 11 is 0. The SMILES string of the molecule is Cc1c(C)c(S(=O)(=O)N2CCCc3ccc(CCCCC(=O)NC[C@H](N)C(=O)OC(C)(C)C)nc32)c(C)c2c1OC(C)(C)CC2. The Bertz CT molecular complexity index is 1560. The first-order valence-electron chi connectivity index (χ1n) is 16.0. The lowest BCUT2D eigenvalue weighted by atomic mass is 9.88. The summed E-state index contributed by atoms with van der Waals surface area (Å²) in [4.78, 5) is 29.6. The molecule has 1 aromatic heterocycles. The fourth-order valence-electron chi connectivity index (χ4n) is 6.03. The molecule has 1 atom stereocenters. The monoisotopic (exact) mass is 642 g/mol. The van der Waals surface area contributed by atoms with Crippen molar-refractivity contribution in [2.45, 2.75) is 129 Å². The normalized spacial score (nSPS) is 16.7. The molecule has 3 heterocycles. The second-order valence-electron chi connectivity index (χ2n) is 14.0. The summed E-state index contributed by atoms with van der Waals surface area (Å²) in [5.41, 5.74) is 9.96. The molecule has 1 aromatic carbocycles. The lowest BCUT2D eigenvalue weighted by molar-refractivity contribution is -0.156. The number of nitrogens with zero attached hydrogens (tertiary/aromatic N) is 2. The summed E-state index contributed by atoms with van der Waals surface area (Å²) in [5.74, 6) is 0.575. The molecule has 0 saturated carbocycles. The van der Waals surface area contributed by atoms with Gasteiger partial charge in [-0.1, -0.05) is 6.07 Å². The van der Waals surface area contributed by atoms with Gasteiger partial charge in [-0.3, -0.25) is 9.59 Å². The second-order valence-corrected chi connectivity index (χ2v) is 15.8. The quantitative estimate of drug-likeness (QED) is 0.280. The highest BCUT2D eigenvalue weighted by Crippen LogP contribution is 2.43. The second kappa shape index (κ2) is 13.3. The summed E-state index contributed by atoms with van der Waals surface area (Å²) < 4.78 is 41.9. The maximum atomic E-state index is 14.4. The van der Waals surface area contributed by atoms with E-state index in [0.29, 0.717) is 36.5 Å². The van der Waals surface area contributed by atoms with Crippen LogP contribution in [0.2, 0.25) is 0 Å². The molecule has 0 fully saturated rings. The van der Waals surface area contributed by atoms with Crippen LogP contribution in [0.3, 0.4) is 0 Å². The molecule has 0 aliphatic carbocycles. The van der Waals surface area contributed by atoms with Crippen LogP contribution in [0.15, 0.2) is 17.0 Å². The Morgan fingerprint density at radius 3 is 2.51 bits per heavy atom. The predicted molar refractivity (Wildman–Crippen MR) is 175 cm³/mol. The van der Waals surface area contributed by atoms with Gasteiger partial charge in [0, 0.05) is 25.2 Å². The van der Waals surface area contributed by atoms with Crippen molar-refractivity contribution in [3.63, 3.8) is 0 Å². The van der Waals surface area contributed by atoms with Crippen LogP contribution in [0, 0.1) is 20.8 Å². The summed E-state index contributed by atoms with van der Waals surface area (Å²) in [6.07, 6.45) is 5.28. The van der Waals surface area contributed by atoms with E-state index in [2.05, 4.69) is 19.2 Å². The van der Waals surface area contributed by atoms with Gasteiger partial charge in [0.25, 0.3) is 10.0 Å². The van der Waals surface area contributed by atoms with Crippen LogP contribution in [0.25, 0.3) is 0 Å². The highest BCUT2D eigenvalue weighted by molar-refractivity contribution is 7.93. The first-order chi connectivity index (χ1) is 20.9. The van der Waals surface area contributed by atoms with E-state index in [9.17, 15) is 18.0 Å². The third-order valence-corrected chi connectivity index (χ3v) is 10.7. The number of hydrogen-bond donors (Lipinski definition) is 2. The number of nitrogens with two attached hydrogens (primary N) is 1. The summed E-state index contributed by atoms with van der Waals surface area (Å²) in [7, 11) is -3.89. The van der Waals surface area contributed by atoms with E-state index < -0.39 is 27.6 Å². The van der Waals surface area contributed by atoms with Crippen LogP contribution in [0.1, 0.15) is 100 Å². The zero-order valence-corrected chi connectivity index (χ0v) is 28.9. The average Bonchev–Trinajstić information content (AvgIpc) is 2.95. The fraction of sp³-hybridized carbons (Fsp3) is 0.618. The van der Waals surface area contributed by atoms with Crippen LogP contribution in [0.5, 0.6) is 5.75 Å². The molecule has 10 nitrogen and oxygen atoms in total. The van der Waals surface area contributed by atoms with E-state index in [1.807, 2.05) is 32.9 Å². The minimum Gasteiger partial charge on any atom is -0.487 e. The first-order valence-corrected chi connectivity index (χ1v) is 17.4. The van der Waals surface area contributed by atoms with Gasteiger partial charge in [0.1, 0.15) is 28.8 Å². The zero-order chi connectivity index (χ0) is 33.3. The molecule has 0 radical (unpaired) electrons. The Labute approximate surface area is 268 Å². The van der Waals surface area contributed by atoms with Crippen molar-refractivity contribution in [2.24, 2.45) is 5.73 Å². The van der Waals surface area contributed by atoms with E-state index in [4.69, 9.17) is 20.2 Å². The van der Waals surface area contributed by atoms with Crippen LogP contribution in [-0.2, 0) is 43.6 Å². The Hall–Kier alpha value is -3.18. The number of aryl methyl sites for hydroxylation is 2. The highest BCUT2D eigenvalue weighted by Gasteiger charge is 2.37. The minimum atomic E-state index is -3.89. The number of esters is 1. The predicted octanol–water partition coefficient (Wildman–Crippen LogP) is 4.75. The maximum absolute atomic E-state index is 14.4. The van der Waals surface area contributed by atoms with Crippen LogP contribution < -0.4 is 20.1 Å². The number of aromatic nitrogens is 1. The van der Waals surface area contributed by atoms with Gasteiger partial charge in [-0.15, -0.1) is 0 Å². The molecule has 2 aliphatic heterocycles. The molecule has 45 heavy (non-hydrogen) atoms. The number of nitrogens with one attached hydrogen (secondary N) is 1. The smallest absolute Gasteiger partial charge is 0.325 e. The topological polar surface area (TPSA) is 141 Å². The molecule has 11 heteroatoms. The van der Waals surface area contributed by atoms with E-state index in [-0.39, 0.29) is 24.5 Å². The van der Waals surface area contributed by atoms with E-state index in [1.165, 1.54) is 4.31 Å². The van der Waals surface area contributed by atoms with Gasteiger partial charge in [0.05, 0.1) is 4.90 Å². The molecule has 0 bridgehead atoms. The molecule has 248 valence electrons. The first kappa shape index (κ1) is 34.7. The number of carbonyl (C=O) groups excluding carboxylic acids is 2. The van der Waals surface area contributed by atoms with Crippen molar-refractivity contribution in [1.29, 1.82) is 0 Å². The lowest BCUT2D eigenvalue weighted by Crippen LogP contribution is -2.45. The Balaban J connectivity index is 1.43. The highest BCUT2D eigenvalue weighted by atomic mass is 32.2. The van der Waals surface area contributed by atoms with Gasteiger partial charge in [-0.05, 0) is 134 Å². The average molecular weight is 643 g/mol. The number of rotatable bonds is 10. The third kappa shape index (κ3) is 7.98. The molecule has 3 N–H and O–H groups in total. The van der Waals surface area contributed by atoms with Crippen molar-refractivity contribution in [3.8, 4) is 5.75 Å². The van der Waals surface area contributed by atoms with E-state index >= 15 is 0 Å². The van der Waals surface area contributed by atoms with Gasteiger partial charge < -0.3 is 20.5 Å². The van der Waals surface area contributed by atoms with Crippen LogP contribution >= 0.6 is 0 Å². The Morgan fingerprint density at radius 1 is 1.11 bits per heavy atom. The molecule has 0 saturated heterocycles. The minimum absolute atomic E-state index is 0.0120. The van der Waals surface area contributed by atoms with Gasteiger partial charge >= 0.3 is 5.97 Å². The van der Waals surface area contributed by atoms with Crippen molar-refractivity contribution in [3.05, 3.63) is 45.6 Å². The van der Waals surface area contributed by atoms with Crippen molar-refractivity contribution in [2.75, 3.05) is 17.4 Å². The van der Waals surface area contributed by atoms with Crippen LogP contribution in [-0.4, -0.2) is 55.6 Å². The molecule has 4 rings (SSSR count). The number of ether oxygens (including phenoxy) is 2. The summed E-state index contributed by atoms with van der Waals surface area (Å²) in [6, 6.07) is 3.01. The number of pyridine rings is 1. The molecule has 0 spiro atoms. The van der Waals surface area contributed by atoms with Crippen molar-refractivity contribution >= 4 is 27.7 Å². The molecule has 2 aliphatic rings. The maximum Gasteiger partial charge on any atom is 0.325 e. The number of benzene rings is 1. The van der Waals surface area contributed by atoms with Crippen LogP contribution in [0.4, 0.5) is 5.82 Å². The van der Waals surface area contributed by atoms with Gasteiger partial charge in [-0.25, -0.2) is 17.7 Å². The standard InChI is InChI=1S/C34H50N4O6S/c1-21-22(2)30(23(3)26-17-18-34(7,8)43-29(21)26)45(41,42)38-19-11-12-24-15-16-25(37-31(24)38)13-9-10-14-28(39)36-20-27(35)32(40)44-33(4,5)6/h15-16,27H,9-14,17-20,35H2,1-8H3,(H,36,39)/t27-/m0/s1. The molecule has 0 unspecified atom stereocenters. The van der Waals surface area contributed by atoms with Crippen molar-refractivity contribution in [1.82, 2.24) is 10.3 Å². The largest absolute Gasteiger partial charge is 0.487 e. The summed E-state index contributed by atoms with van der Waals surface area (Å²) in [5, 5.41) is 2.70. The number of amides is 1. The van der Waals surface area contributed by atoms with Gasteiger partial charge in [0.2, 0.25) is 5.91 Å². The third-order valence-electron chi connectivity index (χ3n) is 8.59. The molecule has 1 amide bonds. The number of fused-ring (bicyclic) bond motifs is 2. The fourth-order valence-corrected chi connectivity index (χ4v) is 8.06. The Morgan fingerprint density at radius 2 is 1.82 bits per heavy atom.